The van der Waals surface area contributed by atoms with Gasteiger partial charge in [0.05, 0.1) is 38.4 Å². The van der Waals surface area contributed by atoms with Crippen molar-refractivity contribution in [1.82, 2.24) is 4.90 Å². The van der Waals surface area contributed by atoms with Crippen LogP contribution in [0, 0.1) is 13.8 Å². The van der Waals surface area contributed by atoms with Gasteiger partial charge in [0.2, 0.25) is 0 Å². The summed E-state index contributed by atoms with van der Waals surface area (Å²) in [7, 11) is -1.53. The molecule has 35 heavy (non-hydrogen) atoms. The highest BCUT2D eigenvalue weighted by Crippen LogP contribution is 2.36. The Morgan fingerprint density at radius 2 is 1.63 bits per heavy atom. The number of nitrogens with zero attached hydrogens (tertiary/aromatic N) is 2. The van der Waals surface area contributed by atoms with Gasteiger partial charge in [0.25, 0.3) is 11.8 Å². The molecule has 0 aliphatic carbocycles. The first-order chi connectivity index (χ1) is 16.9. The van der Waals surface area contributed by atoms with Crippen LogP contribution in [0.1, 0.15) is 63.1 Å². The molecule has 1 atom stereocenters. The molecule has 6 heteroatoms. The summed E-state index contributed by atoms with van der Waals surface area (Å²) in [5.41, 5.74) is 4.74. The van der Waals surface area contributed by atoms with Crippen molar-refractivity contribution < 1.29 is 13.8 Å². The van der Waals surface area contributed by atoms with Crippen molar-refractivity contribution in [3.63, 3.8) is 0 Å². The number of rotatable bonds is 3. The van der Waals surface area contributed by atoms with E-state index in [0.717, 1.165) is 55.5 Å². The Bertz CT molecular complexity index is 1330. The fourth-order valence-electron chi connectivity index (χ4n) is 4.95. The number of carbonyl (C=O) groups excluding carboxylic acids is 2. The van der Waals surface area contributed by atoms with Gasteiger partial charge >= 0.3 is 0 Å². The normalized spacial score (nSPS) is 17.9. The molecule has 2 heterocycles. The number of anilines is 1. The third-order valence-corrected chi connectivity index (χ3v) is 8.49. The van der Waals surface area contributed by atoms with Crippen molar-refractivity contribution in [3.8, 4) is 0 Å². The monoisotopic (exact) mass is 486 g/mol. The molecule has 0 bridgehead atoms. The third kappa shape index (κ3) is 4.55. The van der Waals surface area contributed by atoms with Crippen LogP contribution in [-0.2, 0) is 17.3 Å². The van der Waals surface area contributed by atoms with Gasteiger partial charge in [-0.1, -0.05) is 48.7 Å². The van der Waals surface area contributed by atoms with Crippen molar-refractivity contribution >= 4 is 28.3 Å². The Morgan fingerprint density at radius 3 is 2.40 bits per heavy atom. The zero-order chi connectivity index (χ0) is 24.5. The molecule has 0 aromatic heterocycles. The van der Waals surface area contributed by atoms with E-state index in [0.29, 0.717) is 33.2 Å². The number of likely N-dealkylation sites (tertiary alicyclic amines) is 1. The number of fused-ring (bicyclic) bond motifs is 2. The summed E-state index contributed by atoms with van der Waals surface area (Å²) in [5, 5.41) is 0. The Labute approximate surface area is 209 Å². The van der Waals surface area contributed by atoms with Crippen LogP contribution in [-0.4, -0.2) is 34.0 Å². The fourth-order valence-corrected chi connectivity index (χ4v) is 6.30. The smallest absolute Gasteiger partial charge is 0.259 e. The number of hydrogen-bond acceptors (Lipinski definition) is 3. The average molecular weight is 487 g/mol. The minimum absolute atomic E-state index is 0.0265. The molecule has 2 aliphatic heterocycles. The minimum Gasteiger partial charge on any atom is -0.339 e. The molecule has 1 saturated heterocycles. The number of hydrogen-bond donors (Lipinski definition) is 0. The van der Waals surface area contributed by atoms with E-state index in [1.807, 2.05) is 18.7 Å². The second-order valence-corrected chi connectivity index (χ2v) is 10.9. The first-order valence-corrected chi connectivity index (χ1v) is 13.4. The van der Waals surface area contributed by atoms with E-state index < -0.39 is 10.8 Å². The Morgan fingerprint density at radius 1 is 0.886 bits per heavy atom. The van der Waals surface area contributed by atoms with E-state index in [9.17, 15) is 13.8 Å². The van der Waals surface area contributed by atoms with Gasteiger partial charge < -0.3 is 9.80 Å². The van der Waals surface area contributed by atoms with Crippen molar-refractivity contribution in [2.24, 2.45) is 0 Å². The quantitative estimate of drug-likeness (QED) is 0.481. The van der Waals surface area contributed by atoms with Gasteiger partial charge in [0, 0.05) is 18.7 Å². The van der Waals surface area contributed by atoms with Crippen LogP contribution in [0.3, 0.4) is 0 Å². The summed E-state index contributed by atoms with van der Waals surface area (Å²) in [4.78, 5) is 32.0. The molecule has 0 saturated carbocycles. The molecule has 180 valence electrons. The molecule has 2 aliphatic rings. The molecule has 3 aromatic carbocycles. The average Bonchev–Trinajstić information content (AvgIpc) is 3.20. The van der Waals surface area contributed by atoms with Crippen LogP contribution in [0.2, 0.25) is 0 Å². The molecule has 0 spiro atoms. The van der Waals surface area contributed by atoms with Crippen LogP contribution in [0.25, 0.3) is 0 Å². The highest BCUT2D eigenvalue weighted by Gasteiger charge is 2.32. The summed E-state index contributed by atoms with van der Waals surface area (Å²) in [6, 6.07) is 18.6. The Balaban J connectivity index is 1.63. The number of benzene rings is 3. The molecule has 3 aromatic rings. The van der Waals surface area contributed by atoms with Crippen LogP contribution in [0.5, 0.6) is 0 Å². The maximum atomic E-state index is 13.9. The third-order valence-electron chi connectivity index (χ3n) is 6.99. The summed E-state index contributed by atoms with van der Waals surface area (Å²) >= 11 is 0. The van der Waals surface area contributed by atoms with Gasteiger partial charge in [0.15, 0.2) is 0 Å². The Kier molecular flexibility index (Phi) is 6.56. The highest BCUT2D eigenvalue weighted by atomic mass is 32.2. The highest BCUT2D eigenvalue weighted by molar-refractivity contribution is 7.85. The predicted molar refractivity (Wildman–Crippen MR) is 138 cm³/mol. The van der Waals surface area contributed by atoms with Crippen molar-refractivity contribution in [1.29, 1.82) is 0 Å². The zero-order valence-electron chi connectivity index (χ0n) is 20.3. The van der Waals surface area contributed by atoms with Gasteiger partial charge in [-0.3, -0.25) is 9.59 Å². The van der Waals surface area contributed by atoms with E-state index in [1.165, 1.54) is 0 Å². The maximum absolute atomic E-state index is 13.9. The van der Waals surface area contributed by atoms with Crippen LogP contribution >= 0.6 is 0 Å². The number of carbonyl (C=O) groups is 2. The first-order valence-electron chi connectivity index (χ1n) is 12.3. The molecule has 5 rings (SSSR count). The lowest BCUT2D eigenvalue weighted by Gasteiger charge is -2.26. The van der Waals surface area contributed by atoms with E-state index in [-0.39, 0.29) is 11.8 Å². The van der Waals surface area contributed by atoms with Crippen LogP contribution in [0.15, 0.2) is 70.5 Å². The molecular weight excluding hydrogens is 456 g/mol. The van der Waals surface area contributed by atoms with Crippen molar-refractivity contribution in [2.75, 3.05) is 18.0 Å². The molecule has 1 fully saturated rings. The Hall–Kier alpha value is -3.25. The largest absolute Gasteiger partial charge is 0.339 e. The molecule has 0 N–H and O–H groups in total. The maximum Gasteiger partial charge on any atom is 0.259 e. The standard InChI is InChI=1S/C29H30N2O3S/c1-20-11-12-21(2)23(17-20)19-31-25-18-22(28(32)30-15-7-3-4-8-16-30)13-14-27(25)35(34)26-10-6-5-9-24(26)29(31)33/h5-6,9-14,17-18H,3-4,7-8,15-16,19H2,1-2H3. The number of amides is 2. The van der Waals surface area contributed by atoms with E-state index >= 15 is 0 Å². The summed E-state index contributed by atoms with van der Waals surface area (Å²) in [5.74, 6) is -0.227. The second-order valence-electron chi connectivity index (χ2n) is 9.48. The first kappa shape index (κ1) is 23.5. The summed E-state index contributed by atoms with van der Waals surface area (Å²) < 4.78 is 13.7. The van der Waals surface area contributed by atoms with Gasteiger partial charge in [-0.25, -0.2) is 4.21 Å². The predicted octanol–water partition coefficient (Wildman–Crippen LogP) is 5.65. The van der Waals surface area contributed by atoms with E-state index in [2.05, 4.69) is 18.2 Å². The molecule has 1 unspecified atom stereocenters. The molecular formula is C29H30N2O3S. The fraction of sp³-hybridized carbons (Fsp3) is 0.310. The number of aryl methyl sites for hydroxylation is 2. The molecule has 5 nitrogen and oxygen atoms in total. The van der Waals surface area contributed by atoms with E-state index in [4.69, 9.17) is 0 Å². The zero-order valence-corrected chi connectivity index (χ0v) is 21.1. The molecule has 0 radical (unpaired) electrons. The van der Waals surface area contributed by atoms with Crippen molar-refractivity contribution in [2.45, 2.75) is 55.9 Å². The second kappa shape index (κ2) is 9.78. The van der Waals surface area contributed by atoms with Crippen molar-refractivity contribution in [3.05, 3.63) is 88.5 Å². The summed E-state index contributed by atoms with van der Waals surface area (Å²) in [6.45, 7) is 5.90. The SMILES string of the molecule is Cc1ccc(C)c(CN2C(=O)c3ccccc3S(=O)c3ccc(C(=O)N4CCCCCC4)cc32)c1. The van der Waals surface area contributed by atoms with Crippen LogP contribution in [0.4, 0.5) is 5.69 Å². The van der Waals surface area contributed by atoms with Gasteiger partial charge in [-0.05, 0) is 68.1 Å². The van der Waals surface area contributed by atoms with Gasteiger partial charge in [-0.15, -0.1) is 0 Å². The topological polar surface area (TPSA) is 57.7 Å². The lowest BCUT2D eigenvalue weighted by Crippen LogP contribution is -2.33. The van der Waals surface area contributed by atoms with Gasteiger partial charge in [0.1, 0.15) is 0 Å². The lowest BCUT2D eigenvalue weighted by atomic mass is 10.0. The van der Waals surface area contributed by atoms with E-state index in [1.54, 1.807) is 47.4 Å². The summed E-state index contributed by atoms with van der Waals surface area (Å²) in [6.07, 6.45) is 4.30. The molecule has 2 amide bonds. The van der Waals surface area contributed by atoms with Gasteiger partial charge in [-0.2, -0.15) is 0 Å². The lowest BCUT2D eigenvalue weighted by molar-refractivity contribution is 0.0761. The minimum atomic E-state index is -1.53. The van der Waals surface area contributed by atoms with Crippen LogP contribution < -0.4 is 4.90 Å².